The zero-order valence-electron chi connectivity index (χ0n) is 13.5. The van der Waals surface area contributed by atoms with Crippen LogP contribution >= 0.6 is 0 Å². The van der Waals surface area contributed by atoms with E-state index in [4.69, 9.17) is 4.74 Å². The molecule has 1 saturated heterocycles. The smallest absolute Gasteiger partial charge is 0.252 e. The molecular weight excluding hydrogens is 264 g/mol. The van der Waals surface area contributed by atoms with E-state index < -0.39 is 5.60 Å². The fraction of sp³-hybridized carbons (Fsp3) is 0.588. The van der Waals surface area contributed by atoms with Gasteiger partial charge in [-0.1, -0.05) is 23.8 Å². The summed E-state index contributed by atoms with van der Waals surface area (Å²) in [6.45, 7) is 7.83. The maximum absolute atomic E-state index is 12.6. The molecule has 4 nitrogen and oxygen atoms in total. The maximum Gasteiger partial charge on any atom is 0.252 e. The molecule has 1 aromatic rings. The van der Waals surface area contributed by atoms with Crippen molar-refractivity contribution in [3.63, 3.8) is 0 Å². The molecule has 1 heterocycles. The summed E-state index contributed by atoms with van der Waals surface area (Å²) in [5, 5.41) is 6.40. The van der Waals surface area contributed by atoms with E-state index in [0.717, 1.165) is 31.5 Å². The first-order chi connectivity index (χ1) is 9.98. The van der Waals surface area contributed by atoms with Crippen LogP contribution in [0.15, 0.2) is 18.2 Å². The van der Waals surface area contributed by atoms with Gasteiger partial charge in [0.1, 0.15) is 5.60 Å². The summed E-state index contributed by atoms with van der Waals surface area (Å²) in [7, 11) is 1.63. The number of nitrogens with one attached hydrogen (secondary N) is 2. The van der Waals surface area contributed by atoms with Crippen LogP contribution in [0.5, 0.6) is 0 Å². The minimum atomic E-state index is -0.682. The highest BCUT2D eigenvalue weighted by Crippen LogP contribution is 2.25. The van der Waals surface area contributed by atoms with Gasteiger partial charge >= 0.3 is 0 Å². The maximum atomic E-state index is 12.6. The molecule has 1 fully saturated rings. The molecule has 0 aromatic heterocycles. The van der Waals surface area contributed by atoms with Crippen LogP contribution in [-0.4, -0.2) is 31.7 Å². The van der Waals surface area contributed by atoms with Crippen molar-refractivity contribution in [2.24, 2.45) is 0 Å². The molecule has 0 spiro atoms. The van der Waals surface area contributed by atoms with E-state index in [1.165, 1.54) is 11.1 Å². The zero-order chi connectivity index (χ0) is 15.5. The predicted octanol–water partition coefficient (Wildman–Crippen LogP) is 2.25. The van der Waals surface area contributed by atoms with Crippen LogP contribution in [0.3, 0.4) is 0 Å². The van der Waals surface area contributed by atoms with Crippen LogP contribution in [0, 0.1) is 13.8 Å². The van der Waals surface area contributed by atoms with Gasteiger partial charge in [0.2, 0.25) is 0 Å². The van der Waals surface area contributed by atoms with E-state index >= 15 is 0 Å². The Labute approximate surface area is 127 Å². The predicted molar refractivity (Wildman–Crippen MR) is 84.3 cm³/mol. The van der Waals surface area contributed by atoms with Crippen LogP contribution in [0.1, 0.15) is 42.5 Å². The molecule has 1 aliphatic heterocycles. The van der Waals surface area contributed by atoms with Gasteiger partial charge in [-0.2, -0.15) is 0 Å². The highest BCUT2D eigenvalue weighted by atomic mass is 16.5. The summed E-state index contributed by atoms with van der Waals surface area (Å²) in [6.07, 6.45) is 1.43. The Kier molecular flexibility index (Phi) is 5.01. The Balaban J connectivity index is 2.10. The van der Waals surface area contributed by atoms with Gasteiger partial charge in [-0.15, -0.1) is 0 Å². The molecule has 2 N–H and O–H groups in total. The van der Waals surface area contributed by atoms with Crippen LogP contribution in [0.25, 0.3) is 0 Å². The molecule has 1 aromatic carbocycles. The number of methoxy groups -OCH3 is 1. The topological polar surface area (TPSA) is 50.4 Å². The van der Waals surface area contributed by atoms with Crippen molar-refractivity contribution in [3.8, 4) is 0 Å². The van der Waals surface area contributed by atoms with E-state index in [-0.39, 0.29) is 11.9 Å². The van der Waals surface area contributed by atoms with Crippen LogP contribution in [-0.2, 0) is 9.53 Å². The summed E-state index contributed by atoms with van der Waals surface area (Å²) >= 11 is 0. The van der Waals surface area contributed by atoms with Gasteiger partial charge in [-0.05, 0) is 57.8 Å². The Morgan fingerprint density at radius 2 is 2.00 bits per heavy atom. The average Bonchev–Trinajstić information content (AvgIpc) is 2.47. The largest absolute Gasteiger partial charge is 0.368 e. The molecule has 0 aliphatic carbocycles. The molecule has 0 bridgehead atoms. The second-order valence-electron chi connectivity index (χ2n) is 6.00. The number of piperidine rings is 1. The van der Waals surface area contributed by atoms with E-state index in [1.807, 2.05) is 6.92 Å². The van der Waals surface area contributed by atoms with Crippen LogP contribution < -0.4 is 10.6 Å². The van der Waals surface area contributed by atoms with Gasteiger partial charge in [-0.25, -0.2) is 0 Å². The van der Waals surface area contributed by atoms with Crippen molar-refractivity contribution in [2.45, 2.75) is 45.3 Å². The summed E-state index contributed by atoms with van der Waals surface area (Å²) in [4.78, 5) is 12.6. The monoisotopic (exact) mass is 290 g/mol. The molecule has 2 rings (SSSR count). The first-order valence-electron chi connectivity index (χ1n) is 7.62. The molecule has 0 saturated carbocycles. The van der Waals surface area contributed by atoms with E-state index in [1.54, 1.807) is 7.11 Å². The Morgan fingerprint density at radius 3 is 2.57 bits per heavy atom. The third-order valence-electron chi connectivity index (χ3n) is 4.46. The van der Waals surface area contributed by atoms with E-state index in [9.17, 15) is 4.79 Å². The van der Waals surface area contributed by atoms with Crippen molar-refractivity contribution in [1.82, 2.24) is 10.6 Å². The van der Waals surface area contributed by atoms with Crippen molar-refractivity contribution in [2.75, 3.05) is 20.2 Å². The second kappa shape index (κ2) is 6.58. The lowest BCUT2D eigenvalue weighted by atomic mass is 9.90. The summed E-state index contributed by atoms with van der Waals surface area (Å²) in [6, 6.07) is 6.31. The fourth-order valence-corrected chi connectivity index (χ4v) is 3.07. The number of rotatable bonds is 4. The lowest BCUT2D eigenvalue weighted by molar-refractivity contribution is -0.147. The number of ether oxygens (including phenoxy) is 1. The van der Waals surface area contributed by atoms with Crippen molar-refractivity contribution in [3.05, 3.63) is 34.9 Å². The number of hydrogen-bond acceptors (Lipinski definition) is 3. The second-order valence-corrected chi connectivity index (χ2v) is 6.00. The van der Waals surface area contributed by atoms with E-state index in [0.29, 0.717) is 0 Å². The number of carbonyl (C=O) groups excluding carboxylic acids is 1. The minimum Gasteiger partial charge on any atom is -0.368 e. The van der Waals surface area contributed by atoms with Crippen LogP contribution in [0.2, 0.25) is 0 Å². The first-order valence-corrected chi connectivity index (χ1v) is 7.62. The molecule has 21 heavy (non-hydrogen) atoms. The van der Waals surface area contributed by atoms with Gasteiger partial charge in [0.25, 0.3) is 5.91 Å². The highest BCUT2D eigenvalue weighted by molar-refractivity contribution is 5.85. The molecular formula is C17H26N2O2. The Bertz CT molecular complexity index is 508. The average molecular weight is 290 g/mol. The highest BCUT2D eigenvalue weighted by Gasteiger charge is 2.40. The van der Waals surface area contributed by atoms with Crippen molar-refractivity contribution in [1.29, 1.82) is 0 Å². The molecule has 116 valence electrons. The Morgan fingerprint density at radius 1 is 1.33 bits per heavy atom. The number of hydrogen-bond donors (Lipinski definition) is 2. The lowest BCUT2D eigenvalue weighted by Gasteiger charge is -2.35. The normalized spacial score (nSPS) is 19.0. The molecule has 1 atom stereocenters. The van der Waals surface area contributed by atoms with Gasteiger partial charge < -0.3 is 15.4 Å². The van der Waals surface area contributed by atoms with Gasteiger partial charge in [-0.3, -0.25) is 4.79 Å². The summed E-state index contributed by atoms with van der Waals surface area (Å²) in [5.41, 5.74) is 2.92. The molecule has 0 radical (unpaired) electrons. The Hall–Kier alpha value is -1.39. The minimum absolute atomic E-state index is 0.000949. The SMILES string of the molecule is COC1(C(=O)NC(C)c2ccc(C)cc2C)CCNCC1. The number of benzene rings is 1. The van der Waals surface area contributed by atoms with E-state index in [2.05, 4.69) is 42.7 Å². The third-order valence-corrected chi connectivity index (χ3v) is 4.46. The lowest BCUT2D eigenvalue weighted by Crippen LogP contribution is -2.54. The quantitative estimate of drug-likeness (QED) is 0.894. The number of carbonyl (C=O) groups is 1. The third kappa shape index (κ3) is 3.44. The van der Waals surface area contributed by atoms with Gasteiger partial charge in [0, 0.05) is 7.11 Å². The molecule has 1 unspecified atom stereocenters. The zero-order valence-corrected chi connectivity index (χ0v) is 13.5. The summed E-state index contributed by atoms with van der Waals surface area (Å²) < 4.78 is 5.57. The molecule has 1 amide bonds. The number of aryl methyl sites for hydroxylation is 2. The number of amides is 1. The van der Waals surface area contributed by atoms with Gasteiger partial charge in [0.15, 0.2) is 0 Å². The summed E-state index contributed by atoms with van der Waals surface area (Å²) in [5.74, 6) is -0.000949. The van der Waals surface area contributed by atoms with Crippen LogP contribution in [0.4, 0.5) is 0 Å². The first kappa shape index (κ1) is 16.0. The van der Waals surface area contributed by atoms with Gasteiger partial charge in [0.05, 0.1) is 6.04 Å². The fourth-order valence-electron chi connectivity index (χ4n) is 3.07. The molecule has 1 aliphatic rings. The van der Waals surface area contributed by atoms with Crippen molar-refractivity contribution >= 4 is 5.91 Å². The van der Waals surface area contributed by atoms with Crippen molar-refractivity contribution < 1.29 is 9.53 Å². The molecule has 4 heteroatoms. The standard InChI is InChI=1S/C17H26N2O2/c1-12-5-6-15(13(2)11-12)14(3)19-16(20)17(21-4)7-9-18-10-8-17/h5-6,11,14,18H,7-10H2,1-4H3,(H,19,20).